The van der Waals surface area contributed by atoms with Crippen LogP contribution in [0.15, 0.2) is 28.0 Å². The molecule has 2 aliphatic heterocycles. The molecule has 1 N–H and O–H groups in total. The molecule has 1 fully saturated rings. The Hall–Kier alpha value is -1.17. The fourth-order valence-corrected chi connectivity index (χ4v) is 4.35. The molecule has 1 saturated heterocycles. The van der Waals surface area contributed by atoms with Crippen LogP contribution in [0.4, 0.5) is 0 Å². The number of fused-ring (bicyclic) bond motifs is 1. The number of piperazine rings is 1. The van der Waals surface area contributed by atoms with Gasteiger partial charge in [-0.3, -0.25) is 4.90 Å². The second-order valence-electron chi connectivity index (χ2n) is 5.13. The largest absolute Gasteiger partial charge is 0.314 e. The van der Waals surface area contributed by atoms with Crippen molar-refractivity contribution < 1.29 is 8.42 Å². The number of sulfone groups is 1. The molecule has 4 nitrogen and oxygen atoms in total. The summed E-state index contributed by atoms with van der Waals surface area (Å²) in [5, 5.41) is 3.28. The van der Waals surface area contributed by atoms with Crippen molar-refractivity contribution in [2.75, 3.05) is 32.7 Å². The minimum atomic E-state index is -3.27. The van der Waals surface area contributed by atoms with Gasteiger partial charge >= 0.3 is 0 Å². The Morgan fingerprint density at radius 1 is 1.26 bits per heavy atom. The molecule has 0 amide bonds. The molecule has 0 unspecified atom stereocenters. The zero-order chi connectivity index (χ0) is 13.5. The molecule has 2 heterocycles. The highest BCUT2D eigenvalue weighted by Crippen LogP contribution is 2.34. The van der Waals surface area contributed by atoms with Crippen molar-refractivity contribution in [1.82, 2.24) is 10.2 Å². The zero-order valence-corrected chi connectivity index (χ0v) is 11.8. The van der Waals surface area contributed by atoms with Gasteiger partial charge in [-0.05, 0) is 30.2 Å². The van der Waals surface area contributed by atoms with Gasteiger partial charge in [-0.1, -0.05) is 12.1 Å². The number of benzene rings is 1. The summed E-state index contributed by atoms with van der Waals surface area (Å²) in [6.07, 6.45) is 1.85. The van der Waals surface area contributed by atoms with E-state index in [1.807, 2.05) is 25.1 Å². The monoisotopic (exact) mass is 278 g/mol. The number of nitrogens with one attached hydrogen (secondary N) is 1. The fourth-order valence-electron chi connectivity index (χ4n) is 2.67. The first-order valence-electron chi connectivity index (χ1n) is 6.57. The molecule has 0 aromatic heterocycles. The van der Waals surface area contributed by atoms with Crippen LogP contribution in [0, 0.1) is 6.92 Å². The third-order valence-electron chi connectivity index (χ3n) is 3.81. The van der Waals surface area contributed by atoms with E-state index in [9.17, 15) is 8.42 Å². The van der Waals surface area contributed by atoms with E-state index in [-0.39, 0.29) is 0 Å². The van der Waals surface area contributed by atoms with Crippen LogP contribution in [0.1, 0.15) is 11.1 Å². The summed E-state index contributed by atoms with van der Waals surface area (Å²) in [6, 6.07) is 5.48. The summed E-state index contributed by atoms with van der Waals surface area (Å²) in [6.45, 7) is 6.15. The highest BCUT2D eigenvalue weighted by atomic mass is 32.2. The van der Waals surface area contributed by atoms with Gasteiger partial charge < -0.3 is 5.32 Å². The summed E-state index contributed by atoms with van der Waals surface area (Å²) in [5.74, 6) is 0. The Kier molecular flexibility index (Phi) is 3.20. The van der Waals surface area contributed by atoms with Crippen molar-refractivity contribution >= 4 is 15.9 Å². The van der Waals surface area contributed by atoms with Gasteiger partial charge in [-0.2, -0.15) is 0 Å². The van der Waals surface area contributed by atoms with Crippen LogP contribution in [0.5, 0.6) is 0 Å². The van der Waals surface area contributed by atoms with Gasteiger partial charge in [-0.15, -0.1) is 0 Å². The Morgan fingerprint density at radius 3 is 2.68 bits per heavy atom. The average Bonchev–Trinajstić information content (AvgIpc) is 2.65. The van der Waals surface area contributed by atoms with Crippen LogP contribution < -0.4 is 5.32 Å². The van der Waals surface area contributed by atoms with Crippen molar-refractivity contribution in [3.05, 3.63) is 34.2 Å². The van der Waals surface area contributed by atoms with Gasteiger partial charge in [0.25, 0.3) is 0 Å². The Balaban J connectivity index is 1.92. The standard InChI is InChI=1S/C14H18N2O2S/c1-11-3-2-4-14-13(11)9-12(19(14,17)18)10-16-7-5-15-6-8-16/h2-4,9,15H,5-8,10H2,1H3. The van der Waals surface area contributed by atoms with E-state index >= 15 is 0 Å². The molecule has 1 aromatic carbocycles. The lowest BCUT2D eigenvalue weighted by Crippen LogP contribution is -2.44. The van der Waals surface area contributed by atoms with E-state index in [1.54, 1.807) is 6.07 Å². The molecule has 2 aliphatic rings. The van der Waals surface area contributed by atoms with Crippen LogP contribution in [-0.2, 0) is 9.84 Å². The van der Waals surface area contributed by atoms with Crippen LogP contribution in [0.25, 0.3) is 6.08 Å². The van der Waals surface area contributed by atoms with Gasteiger partial charge in [-0.25, -0.2) is 8.42 Å². The molecule has 1 aromatic rings. The van der Waals surface area contributed by atoms with E-state index < -0.39 is 9.84 Å². The van der Waals surface area contributed by atoms with Crippen LogP contribution in [0.3, 0.4) is 0 Å². The molecular formula is C14H18N2O2S. The van der Waals surface area contributed by atoms with E-state index in [0.29, 0.717) is 16.3 Å². The second kappa shape index (κ2) is 4.74. The van der Waals surface area contributed by atoms with Crippen LogP contribution in [0.2, 0.25) is 0 Å². The quantitative estimate of drug-likeness (QED) is 0.878. The number of hydrogen-bond donors (Lipinski definition) is 1. The summed E-state index contributed by atoms with van der Waals surface area (Å²) in [4.78, 5) is 3.21. The number of nitrogens with zero attached hydrogens (tertiary/aromatic N) is 1. The maximum absolute atomic E-state index is 12.5. The minimum absolute atomic E-state index is 0.470. The van der Waals surface area contributed by atoms with Crippen molar-refractivity contribution in [2.45, 2.75) is 11.8 Å². The number of aryl methyl sites for hydroxylation is 1. The lowest BCUT2D eigenvalue weighted by Gasteiger charge is -2.27. The zero-order valence-electron chi connectivity index (χ0n) is 11.0. The molecular weight excluding hydrogens is 260 g/mol. The molecule has 3 rings (SSSR count). The summed E-state index contributed by atoms with van der Waals surface area (Å²) >= 11 is 0. The number of rotatable bonds is 2. The minimum Gasteiger partial charge on any atom is -0.314 e. The molecule has 19 heavy (non-hydrogen) atoms. The first-order chi connectivity index (χ1) is 9.09. The van der Waals surface area contributed by atoms with Crippen molar-refractivity contribution in [3.63, 3.8) is 0 Å². The first-order valence-corrected chi connectivity index (χ1v) is 8.06. The van der Waals surface area contributed by atoms with Gasteiger partial charge in [0.1, 0.15) is 0 Å². The van der Waals surface area contributed by atoms with Crippen LogP contribution in [-0.4, -0.2) is 46.0 Å². The molecule has 0 bridgehead atoms. The molecule has 0 saturated carbocycles. The van der Waals surface area contributed by atoms with E-state index in [2.05, 4.69) is 10.2 Å². The smallest absolute Gasteiger partial charge is 0.204 e. The van der Waals surface area contributed by atoms with E-state index in [1.165, 1.54) is 0 Å². The van der Waals surface area contributed by atoms with Crippen LogP contribution >= 0.6 is 0 Å². The molecule has 0 radical (unpaired) electrons. The molecule has 102 valence electrons. The average molecular weight is 278 g/mol. The maximum atomic E-state index is 12.5. The highest BCUT2D eigenvalue weighted by Gasteiger charge is 2.31. The van der Waals surface area contributed by atoms with E-state index in [4.69, 9.17) is 0 Å². The molecule has 0 atom stereocenters. The lowest BCUT2D eigenvalue weighted by molar-refractivity contribution is 0.263. The summed E-state index contributed by atoms with van der Waals surface area (Å²) in [7, 11) is -3.27. The highest BCUT2D eigenvalue weighted by molar-refractivity contribution is 7.95. The third-order valence-corrected chi connectivity index (χ3v) is 5.69. The molecule has 0 aliphatic carbocycles. The predicted octanol–water partition coefficient (Wildman–Crippen LogP) is 1.03. The van der Waals surface area contributed by atoms with Gasteiger partial charge in [0.05, 0.1) is 9.80 Å². The van der Waals surface area contributed by atoms with Gasteiger partial charge in [0, 0.05) is 32.7 Å². The first kappa shape index (κ1) is 12.8. The Bertz CT molecular complexity index is 629. The summed E-state index contributed by atoms with van der Waals surface area (Å²) < 4.78 is 25.0. The second-order valence-corrected chi connectivity index (χ2v) is 7.10. The number of hydrogen-bond acceptors (Lipinski definition) is 4. The van der Waals surface area contributed by atoms with Gasteiger partial charge in [0.2, 0.25) is 9.84 Å². The topological polar surface area (TPSA) is 49.4 Å². The lowest BCUT2D eigenvalue weighted by atomic mass is 10.1. The van der Waals surface area contributed by atoms with Crippen molar-refractivity contribution in [1.29, 1.82) is 0 Å². The predicted molar refractivity (Wildman–Crippen MR) is 75.7 cm³/mol. The SMILES string of the molecule is Cc1cccc2c1C=C(CN1CCNCC1)S2(=O)=O. The molecule has 0 spiro atoms. The van der Waals surface area contributed by atoms with E-state index in [0.717, 1.165) is 37.3 Å². The Labute approximate surface area is 114 Å². The summed E-state index contributed by atoms with van der Waals surface area (Å²) in [5.41, 5.74) is 1.89. The third kappa shape index (κ3) is 2.22. The maximum Gasteiger partial charge on any atom is 0.204 e. The Morgan fingerprint density at radius 2 is 2.00 bits per heavy atom. The normalized spacial score (nSPS) is 22.1. The van der Waals surface area contributed by atoms with Crippen molar-refractivity contribution in [3.8, 4) is 0 Å². The molecule has 5 heteroatoms. The van der Waals surface area contributed by atoms with Gasteiger partial charge in [0.15, 0.2) is 0 Å². The van der Waals surface area contributed by atoms with Crippen molar-refractivity contribution in [2.24, 2.45) is 0 Å². The fraction of sp³-hybridized carbons (Fsp3) is 0.429.